The monoisotopic (exact) mass is 467 g/mol. The molecular formula is C25H29N3O4S. The molecule has 0 radical (unpaired) electrons. The summed E-state index contributed by atoms with van der Waals surface area (Å²) in [7, 11) is -0.119. The highest BCUT2D eigenvalue weighted by Gasteiger charge is 2.49. The van der Waals surface area contributed by atoms with Crippen molar-refractivity contribution < 1.29 is 17.9 Å². The second kappa shape index (κ2) is 9.11. The first-order valence-corrected chi connectivity index (χ1v) is 12.6. The van der Waals surface area contributed by atoms with Gasteiger partial charge in [-0.2, -0.15) is 0 Å². The Labute approximate surface area is 194 Å². The van der Waals surface area contributed by atoms with Gasteiger partial charge in [-0.1, -0.05) is 30.3 Å². The van der Waals surface area contributed by atoms with Crippen LogP contribution in [0.4, 0.5) is 0 Å². The molecule has 4 rings (SSSR count). The summed E-state index contributed by atoms with van der Waals surface area (Å²) in [6, 6.07) is 17.1. The molecule has 1 amide bonds. The summed E-state index contributed by atoms with van der Waals surface area (Å²) >= 11 is 0. The molecule has 3 aromatic rings. The number of carbonyl (C=O) groups is 1. The van der Waals surface area contributed by atoms with Crippen LogP contribution in [0.15, 0.2) is 54.6 Å². The molecule has 1 aromatic heterocycles. The van der Waals surface area contributed by atoms with E-state index in [1.54, 1.807) is 24.3 Å². The molecule has 2 heterocycles. The molecule has 1 N–H and O–H groups in total. The second-order valence-corrected chi connectivity index (χ2v) is 11.1. The molecule has 1 atom stereocenters. The number of nitrogens with zero attached hydrogens (tertiary/aromatic N) is 2. The molecule has 1 aliphatic heterocycles. The summed E-state index contributed by atoms with van der Waals surface area (Å²) in [6.07, 6.45) is -0.112. The Hall–Kier alpha value is -2.97. The summed E-state index contributed by atoms with van der Waals surface area (Å²) in [5, 5.41) is 3.62. The Morgan fingerprint density at radius 1 is 1.18 bits per heavy atom. The van der Waals surface area contributed by atoms with Crippen LogP contribution < -0.4 is 10.1 Å². The fourth-order valence-corrected chi connectivity index (χ4v) is 6.71. The third-order valence-electron chi connectivity index (χ3n) is 6.29. The Bertz CT molecular complexity index is 1270. The Kier molecular flexibility index (Phi) is 6.41. The number of hydrogen-bond acceptors (Lipinski definition) is 6. The first kappa shape index (κ1) is 23.2. The minimum absolute atomic E-state index is 0.0210. The summed E-state index contributed by atoms with van der Waals surface area (Å²) in [6.45, 7) is 3.05. The molecule has 8 heteroatoms. The lowest BCUT2D eigenvalue weighted by molar-refractivity contribution is -0.121. The van der Waals surface area contributed by atoms with Crippen LogP contribution >= 0.6 is 0 Å². The van der Waals surface area contributed by atoms with E-state index in [2.05, 4.69) is 10.3 Å². The van der Waals surface area contributed by atoms with Gasteiger partial charge in [-0.05, 0) is 43.8 Å². The van der Waals surface area contributed by atoms with E-state index < -0.39 is 14.6 Å². The fraction of sp³-hybridized carbons (Fsp3) is 0.360. The smallest absolute Gasteiger partial charge is 0.221 e. The zero-order valence-electron chi connectivity index (χ0n) is 19.2. The predicted octanol–water partition coefficient (Wildman–Crippen LogP) is 2.81. The van der Waals surface area contributed by atoms with E-state index in [4.69, 9.17) is 4.74 Å². The van der Waals surface area contributed by atoms with Gasteiger partial charge in [0.25, 0.3) is 0 Å². The van der Waals surface area contributed by atoms with Crippen molar-refractivity contribution in [3.63, 3.8) is 0 Å². The van der Waals surface area contributed by atoms with E-state index in [1.165, 1.54) is 7.05 Å². The molecule has 0 bridgehead atoms. The number of fused-ring (bicyclic) bond motifs is 1. The highest BCUT2D eigenvalue weighted by atomic mass is 32.2. The third-order valence-corrected chi connectivity index (χ3v) is 8.71. The first-order chi connectivity index (χ1) is 15.7. The average Bonchev–Trinajstić information content (AvgIpc) is 2.80. The number of ether oxygens (including phenoxy) is 1. The summed E-state index contributed by atoms with van der Waals surface area (Å²) < 4.78 is 31.2. The number of hydrogen-bond donors (Lipinski definition) is 1. The van der Waals surface area contributed by atoms with Crippen LogP contribution in [0.2, 0.25) is 0 Å². The van der Waals surface area contributed by atoms with E-state index in [-0.39, 0.29) is 24.6 Å². The average molecular weight is 468 g/mol. The van der Waals surface area contributed by atoms with Crippen LogP contribution in [0.3, 0.4) is 0 Å². The maximum atomic E-state index is 13.2. The van der Waals surface area contributed by atoms with Crippen LogP contribution in [-0.4, -0.2) is 57.1 Å². The molecule has 7 nitrogen and oxygen atoms in total. The highest BCUT2D eigenvalue weighted by Crippen LogP contribution is 2.39. The van der Waals surface area contributed by atoms with Crippen molar-refractivity contribution in [3.8, 4) is 5.75 Å². The lowest BCUT2D eigenvalue weighted by Gasteiger charge is -2.41. The zero-order valence-corrected chi connectivity index (χ0v) is 20.0. The van der Waals surface area contributed by atoms with Gasteiger partial charge in [-0.3, -0.25) is 9.78 Å². The second-order valence-electron chi connectivity index (χ2n) is 8.65. The van der Waals surface area contributed by atoms with Crippen molar-refractivity contribution in [3.05, 3.63) is 71.4 Å². The fourth-order valence-electron chi connectivity index (χ4n) is 4.50. The van der Waals surface area contributed by atoms with Crippen LogP contribution in [-0.2, 0) is 26.0 Å². The number of aromatic nitrogens is 1. The third kappa shape index (κ3) is 4.58. The Morgan fingerprint density at radius 2 is 1.91 bits per heavy atom. The SMILES string of the molecule is CNC(=O)CC1(c2ccc(OCc3cc(C)nc4ccccc34)cc2)CN(C)CCS1(=O)=O. The van der Waals surface area contributed by atoms with E-state index in [0.29, 0.717) is 24.5 Å². The normalized spacial score (nSPS) is 20.5. The molecule has 1 unspecified atom stereocenters. The number of nitrogens with one attached hydrogen (secondary N) is 1. The standard InChI is InChI=1S/C25H29N3O4S/c1-18-14-19(22-6-4-5-7-23(22)27-18)16-32-21-10-8-20(9-11-21)25(15-24(29)26-2)17-28(3)12-13-33(25,30)31/h4-11,14H,12-13,15-17H2,1-3H3,(H,26,29). The Balaban J connectivity index is 1.61. The molecule has 1 saturated heterocycles. The lowest BCUT2D eigenvalue weighted by atomic mass is 9.93. The highest BCUT2D eigenvalue weighted by molar-refractivity contribution is 7.92. The first-order valence-electron chi connectivity index (χ1n) is 10.9. The van der Waals surface area contributed by atoms with Gasteiger partial charge < -0.3 is 15.0 Å². The number of amides is 1. The lowest BCUT2D eigenvalue weighted by Crippen LogP contribution is -2.54. The molecule has 33 heavy (non-hydrogen) atoms. The molecular weight excluding hydrogens is 438 g/mol. The summed E-state index contributed by atoms with van der Waals surface area (Å²) in [4.78, 5) is 18.8. The van der Waals surface area contributed by atoms with Gasteiger partial charge in [0, 0.05) is 36.8 Å². The number of aryl methyl sites for hydroxylation is 1. The van der Waals surface area contributed by atoms with Gasteiger partial charge in [-0.25, -0.2) is 8.42 Å². The quantitative estimate of drug-likeness (QED) is 0.600. The van der Waals surface area contributed by atoms with Crippen molar-refractivity contribution >= 4 is 26.6 Å². The van der Waals surface area contributed by atoms with Crippen molar-refractivity contribution in [2.45, 2.75) is 24.7 Å². The van der Waals surface area contributed by atoms with Crippen molar-refractivity contribution in [2.24, 2.45) is 0 Å². The summed E-state index contributed by atoms with van der Waals surface area (Å²) in [5.41, 5.74) is 3.49. The molecule has 0 aliphatic carbocycles. The number of likely N-dealkylation sites (N-methyl/N-ethyl adjacent to an activating group) is 1. The van der Waals surface area contributed by atoms with Crippen LogP contribution in [0, 0.1) is 6.92 Å². The van der Waals surface area contributed by atoms with E-state index in [9.17, 15) is 13.2 Å². The molecule has 0 spiro atoms. The minimum atomic E-state index is -3.52. The summed E-state index contributed by atoms with van der Waals surface area (Å²) in [5.74, 6) is 0.357. The maximum Gasteiger partial charge on any atom is 0.221 e. The molecule has 0 saturated carbocycles. The van der Waals surface area contributed by atoms with E-state index in [0.717, 1.165) is 22.2 Å². The van der Waals surface area contributed by atoms with Crippen LogP contribution in [0.5, 0.6) is 5.75 Å². The van der Waals surface area contributed by atoms with Gasteiger partial charge in [-0.15, -0.1) is 0 Å². The van der Waals surface area contributed by atoms with Gasteiger partial charge in [0.1, 0.15) is 17.1 Å². The Morgan fingerprint density at radius 3 is 2.64 bits per heavy atom. The number of benzene rings is 2. The van der Waals surface area contributed by atoms with Crippen molar-refractivity contribution in [2.75, 3.05) is 32.9 Å². The van der Waals surface area contributed by atoms with Gasteiger partial charge in [0.2, 0.25) is 5.91 Å². The number of rotatable bonds is 6. The molecule has 174 valence electrons. The van der Waals surface area contributed by atoms with Gasteiger partial charge >= 0.3 is 0 Å². The largest absolute Gasteiger partial charge is 0.489 e. The minimum Gasteiger partial charge on any atom is -0.489 e. The maximum absolute atomic E-state index is 13.2. The predicted molar refractivity (Wildman–Crippen MR) is 129 cm³/mol. The van der Waals surface area contributed by atoms with E-state index >= 15 is 0 Å². The number of para-hydroxylation sites is 1. The van der Waals surface area contributed by atoms with Crippen LogP contribution in [0.25, 0.3) is 10.9 Å². The van der Waals surface area contributed by atoms with Crippen molar-refractivity contribution in [1.29, 1.82) is 0 Å². The van der Waals surface area contributed by atoms with Crippen molar-refractivity contribution in [1.82, 2.24) is 15.2 Å². The number of pyridine rings is 1. The topological polar surface area (TPSA) is 88.6 Å². The van der Waals surface area contributed by atoms with Gasteiger partial charge in [0.15, 0.2) is 9.84 Å². The molecule has 1 aliphatic rings. The molecule has 2 aromatic carbocycles. The molecule has 1 fully saturated rings. The zero-order chi connectivity index (χ0) is 23.6. The van der Waals surface area contributed by atoms with E-state index in [1.807, 2.05) is 49.2 Å². The number of sulfone groups is 1. The van der Waals surface area contributed by atoms with Gasteiger partial charge in [0.05, 0.1) is 17.7 Å². The van der Waals surface area contributed by atoms with Crippen LogP contribution in [0.1, 0.15) is 23.2 Å². The number of carbonyl (C=O) groups excluding carboxylic acids is 1.